The van der Waals surface area contributed by atoms with E-state index in [-0.39, 0.29) is 0 Å². The van der Waals surface area contributed by atoms with Crippen LogP contribution in [-0.4, -0.2) is 0 Å². The number of nitrogens with one attached hydrogen (secondary N) is 1. The minimum absolute atomic E-state index is 0.372. The zero-order valence-corrected chi connectivity index (χ0v) is 12.3. The van der Waals surface area contributed by atoms with Crippen molar-refractivity contribution in [2.45, 2.75) is 51.0 Å². The van der Waals surface area contributed by atoms with Gasteiger partial charge in [-0.05, 0) is 79.6 Å². The first-order chi connectivity index (χ1) is 9.26. The Morgan fingerprint density at radius 3 is 2.32 bits per heavy atom. The molecule has 1 heterocycles. The molecule has 5 rings (SSSR count). The van der Waals surface area contributed by atoms with Crippen LogP contribution in [0.3, 0.4) is 0 Å². The molecule has 1 aromatic heterocycles. The number of rotatable bonds is 4. The van der Waals surface area contributed by atoms with Gasteiger partial charge in [0.25, 0.3) is 0 Å². The van der Waals surface area contributed by atoms with Gasteiger partial charge in [0.05, 0.1) is 6.04 Å². The minimum Gasteiger partial charge on any atom is -0.271 e. The molecule has 4 bridgehead atoms. The summed E-state index contributed by atoms with van der Waals surface area (Å²) in [6, 6.07) is 4.75. The molecule has 1 atom stereocenters. The average Bonchev–Trinajstić information content (AvgIpc) is 2.88. The van der Waals surface area contributed by atoms with Crippen LogP contribution >= 0.6 is 11.3 Å². The topological polar surface area (TPSA) is 38.0 Å². The zero-order valence-electron chi connectivity index (χ0n) is 11.5. The molecule has 4 saturated carbocycles. The van der Waals surface area contributed by atoms with E-state index in [4.69, 9.17) is 5.84 Å². The van der Waals surface area contributed by atoms with Gasteiger partial charge in [0.2, 0.25) is 0 Å². The van der Waals surface area contributed by atoms with Crippen LogP contribution in [0.5, 0.6) is 0 Å². The molecule has 104 valence electrons. The lowest BCUT2D eigenvalue weighted by atomic mass is 9.48. The standard InChI is InChI=1S/C16H24N2S/c17-18-14(15-2-1-3-19-15)10-16-7-11-4-12(8-16)6-13(5-11)9-16/h1-3,11-14,18H,4-10,17H2. The fraction of sp³-hybridized carbons (Fsp3) is 0.750. The molecule has 0 radical (unpaired) electrons. The van der Waals surface area contributed by atoms with Crippen molar-refractivity contribution in [3.8, 4) is 0 Å². The van der Waals surface area contributed by atoms with Crippen LogP contribution in [0.15, 0.2) is 17.5 Å². The quantitative estimate of drug-likeness (QED) is 0.647. The number of hydrazine groups is 1. The Morgan fingerprint density at radius 1 is 1.21 bits per heavy atom. The summed E-state index contributed by atoms with van der Waals surface area (Å²) in [5, 5.41) is 2.17. The van der Waals surface area contributed by atoms with E-state index in [0.29, 0.717) is 11.5 Å². The number of thiophene rings is 1. The third kappa shape index (κ3) is 2.16. The zero-order chi connectivity index (χ0) is 12.9. The lowest BCUT2D eigenvalue weighted by molar-refractivity contribution is -0.0621. The van der Waals surface area contributed by atoms with Crippen LogP contribution in [0.4, 0.5) is 0 Å². The van der Waals surface area contributed by atoms with Crippen molar-refractivity contribution in [1.29, 1.82) is 0 Å². The Morgan fingerprint density at radius 2 is 1.84 bits per heavy atom. The van der Waals surface area contributed by atoms with E-state index in [9.17, 15) is 0 Å². The van der Waals surface area contributed by atoms with Gasteiger partial charge in [-0.2, -0.15) is 0 Å². The summed E-state index contributed by atoms with van der Waals surface area (Å²) in [6.45, 7) is 0. The van der Waals surface area contributed by atoms with Gasteiger partial charge in [0, 0.05) is 4.88 Å². The molecule has 19 heavy (non-hydrogen) atoms. The van der Waals surface area contributed by atoms with E-state index in [1.165, 1.54) is 49.8 Å². The third-order valence-corrected chi connectivity index (χ3v) is 6.88. The van der Waals surface area contributed by atoms with Crippen LogP contribution in [0.1, 0.15) is 55.9 Å². The smallest absolute Gasteiger partial charge is 0.0558 e. The maximum Gasteiger partial charge on any atom is 0.0558 e. The second-order valence-corrected chi connectivity index (χ2v) is 8.34. The van der Waals surface area contributed by atoms with Crippen LogP contribution in [0.2, 0.25) is 0 Å². The van der Waals surface area contributed by atoms with Crippen LogP contribution in [0, 0.1) is 23.2 Å². The second-order valence-electron chi connectivity index (χ2n) is 7.36. The van der Waals surface area contributed by atoms with Crippen LogP contribution < -0.4 is 11.3 Å². The number of nitrogens with two attached hydrogens (primary N) is 1. The summed E-state index contributed by atoms with van der Waals surface area (Å²) >= 11 is 1.84. The van der Waals surface area contributed by atoms with Gasteiger partial charge in [-0.15, -0.1) is 11.3 Å². The highest BCUT2D eigenvalue weighted by Crippen LogP contribution is 2.62. The summed E-state index contributed by atoms with van der Waals surface area (Å²) in [4.78, 5) is 1.42. The molecule has 1 unspecified atom stereocenters. The highest BCUT2D eigenvalue weighted by Gasteiger charge is 2.51. The van der Waals surface area contributed by atoms with Gasteiger partial charge in [-0.3, -0.25) is 11.3 Å². The van der Waals surface area contributed by atoms with E-state index in [1.807, 2.05) is 11.3 Å². The first-order valence-corrected chi connectivity index (χ1v) is 8.64. The van der Waals surface area contributed by atoms with E-state index in [0.717, 1.165) is 17.8 Å². The van der Waals surface area contributed by atoms with Crippen molar-refractivity contribution < 1.29 is 0 Å². The van der Waals surface area contributed by atoms with E-state index >= 15 is 0 Å². The minimum atomic E-state index is 0.372. The van der Waals surface area contributed by atoms with Crippen molar-refractivity contribution in [2.75, 3.05) is 0 Å². The highest BCUT2D eigenvalue weighted by atomic mass is 32.1. The molecule has 4 aliphatic rings. The van der Waals surface area contributed by atoms with E-state index in [1.54, 1.807) is 0 Å². The van der Waals surface area contributed by atoms with E-state index < -0.39 is 0 Å². The Balaban J connectivity index is 1.55. The summed E-state index contributed by atoms with van der Waals surface area (Å²) in [5.41, 5.74) is 3.70. The molecule has 0 saturated heterocycles. The fourth-order valence-electron chi connectivity index (χ4n) is 5.70. The molecular weight excluding hydrogens is 252 g/mol. The fourth-order valence-corrected chi connectivity index (χ4v) is 6.49. The molecule has 0 aliphatic heterocycles. The summed E-state index contributed by atoms with van der Waals surface area (Å²) in [7, 11) is 0. The van der Waals surface area contributed by atoms with Crippen LogP contribution in [0.25, 0.3) is 0 Å². The highest BCUT2D eigenvalue weighted by molar-refractivity contribution is 7.10. The van der Waals surface area contributed by atoms with Crippen molar-refractivity contribution in [2.24, 2.45) is 29.0 Å². The molecular formula is C16H24N2S. The Bertz CT molecular complexity index is 404. The molecule has 4 fully saturated rings. The summed E-state index contributed by atoms with van der Waals surface area (Å²) < 4.78 is 0. The molecule has 0 aromatic carbocycles. The third-order valence-electron chi connectivity index (χ3n) is 5.89. The summed E-state index contributed by atoms with van der Waals surface area (Å²) in [6.07, 6.45) is 10.3. The molecule has 0 amide bonds. The largest absolute Gasteiger partial charge is 0.271 e. The molecule has 2 nitrogen and oxygen atoms in total. The van der Waals surface area contributed by atoms with Crippen molar-refractivity contribution in [1.82, 2.24) is 5.43 Å². The van der Waals surface area contributed by atoms with E-state index in [2.05, 4.69) is 22.9 Å². The Kier molecular flexibility index (Phi) is 2.98. The monoisotopic (exact) mass is 276 g/mol. The molecule has 3 heteroatoms. The first-order valence-electron chi connectivity index (χ1n) is 7.76. The van der Waals surface area contributed by atoms with Gasteiger partial charge in [-0.1, -0.05) is 6.07 Å². The van der Waals surface area contributed by atoms with Gasteiger partial charge < -0.3 is 0 Å². The Labute approximate surface area is 119 Å². The maximum atomic E-state index is 5.85. The van der Waals surface area contributed by atoms with Gasteiger partial charge >= 0.3 is 0 Å². The van der Waals surface area contributed by atoms with Gasteiger partial charge in [0.15, 0.2) is 0 Å². The molecule has 4 aliphatic carbocycles. The molecule has 1 aromatic rings. The molecule has 0 spiro atoms. The first kappa shape index (κ1) is 12.4. The number of hydrogen-bond donors (Lipinski definition) is 2. The number of hydrogen-bond acceptors (Lipinski definition) is 3. The molecule has 3 N–H and O–H groups in total. The maximum absolute atomic E-state index is 5.85. The predicted molar refractivity (Wildman–Crippen MR) is 79.6 cm³/mol. The van der Waals surface area contributed by atoms with Crippen molar-refractivity contribution >= 4 is 11.3 Å². The normalized spacial score (nSPS) is 41.6. The second kappa shape index (κ2) is 4.57. The van der Waals surface area contributed by atoms with Crippen LogP contribution in [-0.2, 0) is 0 Å². The van der Waals surface area contributed by atoms with Gasteiger partial charge in [0.1, 0.15) is 0 Å². The lowest BCUT2D eigenvalue weighted by Gasteiger charge is -2.57. The Hall–Kier alpha value is -0.380. The predicted octanol–water partition coefficient (Wildman–Crippen LogP) is 3.86. The SMILES string of the molecule is NNC(CC12CC3CC(CC(C3)C1)C2)c1cccs1. The average molecular weight is 276 g/mol. The van der Waals surface area contributed by atoms with Crippen molar-refractivity contribution in [3.05, 3.63) is 22.4 Å². The van der Waals surface area contributed by atoms with Gasteiger partial charge in [-0.25, -0.2) is 0 Å². The van der Waals surface area contributed by atoms with Crippen molar-refractivity contribution in [3.63, 3.8) is 0 Å². The summed E-state index contributed by atoms with van der Waals surface area (Å²) in [5.74, 6) is 8.96. The lowest BCUT2D eigenvalue weighted by Crippen LogP contribution is -2.47.